The molecule has 0 atom stereocenters. The molecule has 1 heterocycles. The van der Waals surface area contributed by atoms with Gasteiger partial charge in [-0.2, -0.15) is 13.2 Å². The first-order valence-corrected chi connectivity index (χ1v) is 6.09. The van der Waals surface area contributed by atoms with Crippen LogP contribution in [0.25, 0.3) is 11.3 Å². The Morgan fingerprint density at radius 2 is 1.90 bits per heavy atom. The number of hydrogen-bond donors (Lipinski definition) is 0. The largest absolute Gasteiger partial charge is 0.419 e. The summed E-state index contributed by atoms with van der Waals surface area (Å²) in [4.78, 5) is 7.73. The number of benzene rings is 1. The highest BCUT2D eigenvalue weighted by molar-refractivity contribution is 6.30. The van der Waals surface area contributed by atoms with Crippen LogP contribution in [0.2, 0.25) is 5.15 Å². The third-order valence-electron chi connectivity index (χ3n) is 2.79. The molecule has 0 saturated carbocycles. The molecule has 20 heavy (non-hydrogen) atoms. The van der Waals surface area contributed by atoms with Crippen molar-refractivity contribution in [3.8, 4) is 11.3 Å². The SMILES string of the molecule is CCc1c(Cl)ncnc1-c1ccc(F)c(C(F)(F)F)c1. The number of rotatable bonds is 2. The minimum atomic E-state index is -4.76. The Morgan fingerprint density at radius 3 is 2.50 bits per heavy atom. The van der Waals surface area contributed by atoms with E-state index in [2.05, 4.69) is 9.97 Å². The predicted octanol–water partition coefficient (Wildman–Crippen LogP) is 4.52. The Morgan fingerprint density at radius 1 is 1.20 bits per heavy atom. The molecule has 0 aliphatic carbocycles. The molecule has 1 aromatic carbocycles. The van der Waals surface area contributed by atoms with E-state index in [-0.39, 0.29) is 16.4 Å². The molecule has 2 nitrogen and oxygen atoms in total. The molecule has 0 amide bonds. The van der Waals surface area contributed by atoms with Gasteiger partial charge in [0, 0.05) is 11.1 Å². The van der Waals surface area contributed by atoms with Gasteiger partial charge in [0.05, 0.1) is 11.3 Å². The molecule has 7 heteroatoms. The van der Waals surface area contributed by atoms with Crippen LogP contribution in [0.15, 0.2) is 24.5 Å². The van der Waals surface area contributed by atoms with Crippen LogP contribution in [-0.4, -0.2) is 9.97 Å². The van der Waals surface area contributed by atoms with E-state index in [1.165, 1.54) is 6.07 Å². The van der Waals surface area contributed by atoms with Crippen molar-refractivity contribution in [2.75, 3.05) is 0 Å². The van der Waals surface area contributed by atoms with Crippen molar-refractivity contribution in [3.05, 3.63) is 46.6 Å². The standard InChI is InChI=1S/C13H9ClF4N2/c1-2-8-11(19-6-20-12(8)14)7-3-4-10(15)9(5-7)13(16,17)18/h3-6H,2H2,1H3. The van der Waals surface area contributed by atoms with Gasteiger partial charge in [0.2, 0.25) is 0 Å². The summed E-state index contributed by atoms with van der Waals surface area (Å²) in [5.41, 5.74) is -0.376. The minimum Gasteiger partial charge on any atom is -0.236 e. The molecule has 1 aromatic heterocycles. The molecule has 0 bridgehead atoms. The van der Waals surface area contributed by atoms with Gasteiger partial charge in [0.1, 0.15) is 17.3 Å². The number of alkyl halides is 3. The monoisotopic (exact) mass is 304 g/mol. The number of nitrogens with zero attached hydrogens (tertiary/aromatic N) is 2. The van der Waals surface area contributed by atoms with Crippen LogP contribution in [0.1, 0.15) is 18.1 Å². The highest BCUT2D eigenvalue weighted by Gasteiger charge is 2.34. The van der Waals surface area contributed by atoms with Gasteiger partial charge < -0.3 is 0 Å². The molecule has 2 rings (SSSR count). The summed E-state index contributed by atoms with van der Waals surface area (Å²) < 4.78 is 51.4. The van der Waals surface area contributed by atoms with Crippen molar-refractivity contribution in [3.63, 3.8) is 0 Å². The lowest BCUT2D eigenvalue weighted by Gasteiger charge is -2.12. The summed E-state index contributed by atoms with van der Waals surface area (Å²) in [6.45, 7) is 1.78. The first-order chi connectivity index (χ1) is 9.34. The molecule has 0 radical (unpaired) electrons. The van der Waals surface area contributed by atoms with Crippen molar-refractivity contribution >= 4 is 11.6 Å². The fourth-order valence-corrected chi connectivity index (χ4v) is 2.11. The molecule has 0 aliphatic heterocycles. The maximum absolute atomic E-state index is 13.3. The fraction of sp³-hybridized carbons (Fsp3) is 0.231. The van der Waals surface area contributed by atoms with Gasteiger partial charge in [0.15, 0.2) is 0 Å². The van der Waals surface area contributed by atoms with Crippen LogP contribution in [0.4, 0.5) is 17.6 Å². The summed E-state index contributed by atoms with van der Waals surface area (Å²) in [7, 11) is 0. The van der Waals surface area contributed by atoms with Crippen molar-refractivity contribution < 1.29 is 17.6 Å². The smallest absolute Gasteiger partial charge is 0.236 e. The first kappa shape index (κ1) is 14.7. The average Bonchev–Trinajstić information content (AvgIpc) is 2.37. The van der Waals surface area contributed by atoms with Crippen molar-refractivity contribution in [2.45, 2.75) is 19.5 Å². The predicted molar refractivity (Wildman–Crippen MR) is 66.8 cm³/mol. The molecule has 0 saturated heterocycles. The highest BCUT2D eigenvalue weighted by atomic mass is 35.5. The fourth-order valence-electron chi connectivity index (χ4n) is 1.84. The normalized spacial score (nSPS) is 11.7. The minimum absolute atomic E-state index is 0.153. The zero-order chi connectivity index (χ0) is 14.9. The highest BCUT2D eigenvalue weighted by Crippen LogP contribution is 2.35. The summed E-state index contributed by atoms with van der Waals surface area (Å²) in [6.07, 6.45) is -3.15. The molecule has 0 fully saturated rings. The molecule has 2 aromatic rings. The lowest BCUT2D eigenvalue weighted by molar-refractivity contribution is -0.139. The topological polar surface area (TPSA) is 25.8 Å². The number of hydrogen-bond acceptors (Lipinski definition) is 2. The van der Waals surface area contributed by atoms with Gasteiger partial charge in [-0.25, -0.2) is 14.4 Å². The van der Waals surface area contributed by atoms with E-state index >= 15 is 0 Å². The second-order valence-corrected chi connectivity index (χ2v) is 4.40. The van der Waals surface area contributed by atoms with Crippen molar-refractivity contribution in [1.29, 1.82) is 0 Å². The second kappa shape index (κ2) is 5.36. The quantitative estimate of drug-likeness (QED) is 0.602. The maximum atomic E-state index is 13.3. The second-order valence-electron chi connectivity index (χ2n) is 4.04. The molecular formula is C13H9ClF4N2. The van der Waals surface area contributed by atoms with E-state index in [1.54, 1.807) is 6.92 Å². The Bertz CT molecular complexity index is 641. The molecular weight excluding hydrogens is 296 g/mol. The van der Waals surface area contributed by atoms with Gasteiger partial charge in [-0.05, 0) is 24.6 Å². The number of halogens is 5. The lowest BCUT2D eigenvalue weighted by atomic mass is 10.0. The molecule has 106 valence electrons. The summed E-state index contributed by atoms with van der Waals surface area (Å²) >= 11 is 5.89. The number of aromatic nitrogens is 2. The zero-order valence-corrected chi connectivity index (χ0v) is 11.1. The van der Waals surface area contributed by atoms with Crippen molar-refractivity contribution in [1.82, 2.24) is 9.97 Å². The molecule has 0 spiro atoms. The average molecular weight is 305 g/mol. The van der Waals surface area contributed by atoms with E-state index in [0.29, 0.717) is 12.0 Å². The molecule has 0 unspecified atom stereocenters. The van der Waals surface area contributed by atoms with Crippen LogP contribution in [0, 0.1) is 5.82 Å². The zero-order valence-electron chi connectivity index (χ0n) is 10.3. The van der Waals surface area contributed by atoms with Crippen molar-refractivity contribution in [2.24, 2.45) is 0 Å². The van der Waals surface area contributed by atoms with Crippen LogP contribution >= 0.6 is 11.6 Å². The van der Waals surface area contributed by atoms with Crippen LogP contribution in [0.3, 0.4) is 0 Å². The third kappa shape index (κ3) is 2.75. The van der Waals surface area contributed by atoms with Gasteiger partial charge >= 0.3 is 6.18 Å². The lowest BCUT2D eigenvalue weighted by Crippen LogP contribution is -2.08. The molecule has 0 N–H and O–H groups in total. The third-order valence-corrected chi connectivity index (χ3v) is 3.12. The van der Waals surface area contributed by atoms with Gasteiger partial charge in [-0.1, -0.05) is 18.5 Å². The van der Waals surface area contributed by atoms with Crippen LogP contribution in [0.5, 0.6) is 0 Å². The van der Waals surface area contributed by atoms with Gasteiger partial charge in [0.25, 0.3) is 0 Å². The Labute approximate surface area is 117 Å². The summed E-state index contributed by atoms with van der Waals surface area (Å²) in [5, 5.41) is 0.176. The van der Waals surface area contributed by atoms with Gasteiger partial charge in [-0.3, -0.25) is 0 Å². The summed E-state index contributed by atoms with van der Waals surface area (Å²) in [5.74, 6) is -1.32. The van der Waals surface area contributed by atoms with E-state index in [0.717, 1.165) is 18.5 Å². The van der Waals surface area contributed by atoms with E-state index in [4.69, 9.17) is 11.6 Å². The molecule has 0 aliphatic rings. The Kier molecular flexibility index (Phi) is 3.94. The maximum Gasteiger partial charge on any atom is 0.419 e. The summed E-state index contributed by atoms with van der Waals surface area (Å²) in [6, 6.07) is 2.74. The Balaban J connectivity index is 2.63. The van der Waals surface area contributed by atoms with Gasteiger partial charge in [-0.15, -0.1) is 0 Å². The Hall–Kier alpha value is -1.69. The van der Waals surface area contributed by atoms with E-state index < -0.39 is 17.6 Å². The van der Waals surface area contributed by atoms with Crippen LogP contribution in [-0.2, 0) is 12.6 Å². The van der Waals surface area contributed by atoms with E-state index in [1.807, 2.05) is 0 Å². The first-order valence-electron chi connectivity index (χ1n) is 5.71. The van der Waals surface area contributed by atoms with Crippen LogP contribution < -0.4 is 0 Å². The van der Waals surface area contributed by atoms with E-state index in [9.17, 15) is 17.6 Å².